The lowest BCUT2D eigenvalue weighted by Gasteiger charge is -2.31. The summed E-state index contributed by atoms with van der Waals surface area (Å²) in [5.41, 5.74) is 9.12. The van der Waals surface area contributed by atoms with Crippen LogP contribution in [0.15, 0.2) is 6.07 Å². The van der Waals surface area contributed by atoms with Crippen molar-refractivity contribution in [1.82, 2.24) is 9.78 Å². The molecule has 1 aromatic rings. The lowest BCUT2D eigenvalue weighted by Crippen LogP contribution is -2.43. The molecule has 1 heterocycles. The number of hydrogen-bond donors (Lipinski definition) is 1. The van der Waals surface area contributed by atoms with E-state index in [0.717, 1.165) is 12.8 Å². The van der Waals surface area contributed by atoms with Gasteiger partial charge in [0, 0.05) is 24.7 Å². The van der Waals surface area contributed by atoms with E-state index >= 15 is 0 Å². The van der Waals surface area contributed by atoms with Crippen LogP contribution in [0.5, 0.6) is 0 Å². The molecule has 0 saturated heterocycles. The average molecular weight is 249 g/mol. The second kappa shape index (κ2) is 5.87. The van der Waals surface area contributed by atoms with Crippen molar-refractivity contribution in [3.8, 4) is 0 Å². The van der Waals surface area contributed by atoms with E-state index in [2.05, 4.69) is 18.1 Å². The van der Waals surface area contributed by atoms with Crippen molar-refractivity contribution in [2.75, 3.05) is 0 Å². The van der Waals surface area contributed by atoms with Crippen LogP contribution < -0.4 is 5.73 Å². The van der Waals surface area contributed by atoms with Gasteiger partial charge in [-0.3, -0.25) is 4.68 Å². The van der Waals surface area contributed by atoms with Crippen LogP contribution in [0.4, 0.5) is 0 Å². The SMILES string of the molecule is CCc1cc(CC2(N)CCCCCCC2)n(C)n1. The molecule has 1 saturated carbocycles. The fourth-order valence-corrected chi connectivity index (χ4v) is 3.06. The number of aromatic nitrogens is 2. The van der Waals surface area contributed by atoms with Crippen LogP contribution in [0, 0.1) is 0 Å². The smallest absolute Gasteiger partial charge is 0.0624 e. The molecule has 3 heteroatoms. The van der Waals surface area contributed by atoms with E-state index in [1.807, 2.05) is 11.7 Å². The topological polar surface area (TPSA) is 43.8 Å². The third-order valence-corrected chi connectivity index (χ3v) is 4.27. The molecule has 2 N–H and O–H groups in total. The highest BCUT2D eigenvalue weighted by Crippen LogP contribution is 2.27. The molecule has 0 unspecified atom stereocenters. The molecule has 3 nitrogen and oxygen atoms in total. The molecule has 0 amide bonds. The van der Waals surface area contributed by atoms with Crippen molar-refractivity contribution in [3.05, 3.63) is 17.5 Å². The quantitative estimate of drug-likeness (QED) is 0.895. The standard InChI is InChI=1S/C15H27N3/c1-3-13-11-14(18(2)17-13)12-15(16)9-7-5-4-6-8-10-15/h11H,3-10,12,16H2,1-2H3. The summed E-state index contributed by atoms with van der Waals surface area (Å²) in [4.78, 5) is 0. The van der Waals surface area contributed by atoms with Gasteiger partial charge < -0.3 is 5.73 Å². The van der Waals surface area contributed by atoms with E-state index in [1.165, 1.54) is 56.3 Å². The van der Waals surface area contributed by atoms with E-state index in [1.54, 1.807) is 0 Å². The van der Waals surface area contributed by atoms with Gasteiger partial charge in [0.15, 0.2) is 0 Å². The second-order valence-electron chi connectivity index (χ2n) is 5.91. The van der Waals surface area contributed by atoms with Crippen LogP contribution in [0.1, 0.15) is 63.3 Å². The number of nitrogens with two attached hydrogens (primary N) is 1. The Morgan fingerprint density at radius 3 is 2.39 bits per heavy atom. The molecule has 1 fully saturated rings. The molecule has 102 valence electrons. The van der Waals surface area contributed by atoms with Gasteiger partial charge >= 0.3 is 0 Å². The Balaban J connectivity index is 2.06. The van der Waals surface area contributed by atoms with Crippen LogP contribution in [-0.2, 0) is 19.9 Å². The zero-order valence-corrected chi connectivity index (χ0v) is 11.9. The van der Waals surface area contributed by atoms with Crippen molar-refractivity contribution >= 4 is 0 Å². The molecule has 0 radical (unpaired) electrons. The number of aryl methyl sites for hydroxylation is 2. The van der Waals surface area contributed by atoms with Crippen LogP contribution in [0.25, 0.3) is 0 Å². The number of rotatable bonds is 3. The molecule has 0 spiro atoms. The second-order valence-corrected chi connectivity index (χ2v) is 5.91. The largest absolute Gasteiger partial charge is 0.325 e. The predicted octanol–water partition coefficient (Wildman–Crippen LogP) is 2.97. The Labute approximate surface area is 111 Å². The summed E-state index contributed by atoms with van der Waals surface area (Å²) in [5, 5.41) is 4.53. The van der Waals surface area contributed by atoms with Gasteiger partial charge in [0.2, 0.25) is 0 Å². The van der Waals surface area contributed by atoms with Gasteiger partial charge in [-0.05, 0) is 25.3 Å². The maximum absolute atomic E-state index is 6.64. The third kappa shape index (κ3) is 3.35. The van der Waals surface area contributed by atoms with Gasteiger partial charge in [0.05, 0.1) is 5.69 Å². The minimum Gasteiger partial charge on any atom is -0.325 e. The zero-order chi connectivity index (χ0) is 13.0. The maximum atomic E-state index is 6.64. The van der Waals surface area contributed by atoms with E-state index in [4.69, 9.17) is 5.73 Å². The van der Waals surface area contributed by atoms with Gasteiger partial charge in [-0.1, -0.05) is 39.0 Å². The molecule has 2 rings (SSSR count). The van der Waals surface area contributed by atoms with E-state index in [0.29, 0.717) is 0 Å². The minimum atomic E-state index is -0.000769. The fourth-order valence-electron chi connectivity index (χ4n) is 3.06. The van der Waals surface area contributed by atoms with E-state index in [-0.39, 0.29) is 5.54 Å². The molecule has 1 aliphatic rings. The van der Waals surface area contributed by atoms with Crippen LogP contribution in [0.3, 0.4) is 0 Å². The van der Waals surface area contributed by atoms with Crippen LogP contribution in [0.2, 0.25) is 0 Å². The monoisotopic (exact) mass is 249 g/mol. The lowest BCUT2D eigenvalue weighted by molar-refractivity contribution is 0.309. The Kier molecular flexibility index (Phi) is 4.44. The van der Waals surface area contributed by atoms with Crippen molar-refractivity contribution in [1.29, 1.82) is 0 Å². The summed E-state index contributed by atoms with van der Waals surface area (Å²) in [6.45, 7) is 2.15. The first-order valence-corrected chi connectivity index (χ1v) is 7.44. The Morgan fingerprint density at radius 1 is 1.22 bits per heavy atom. The molecule has 0 aromatic carbocycles. The molecule has 1 aliphatic carbocycles. The summed E-state index contributed by atoms with van der Waals surface area (Å²) in [6, 6.07) is 2.23. The van der Waals surface area contributed by atoms with Crippen molar-refractivity contribution < 1.29 is 0 Å². The van der Waals surface area contributed by atoms with Gasteiger partial charge in [0.25, 0.3) is 0 Å². The van der Waals surface area contributed by atoms with Gasteiger partial charge in [-0.25, -0.2) is 0 Å². The highest BCUT2D eigenvalue weighted by Gasteiger charge is 2.27. The minimum absolute atomic E-state index is 0.000769. The molecular weight excluding hydrogens is 222 g/mol. The lowest BCUT2D eigenvalue weighted by atomic mass is 9.81. The summed E-state index contributed by atoms with van der Waals surface area (Å²) >= 11 is 0. The van der Waals surface area contributed by atoms with Crippen LogP contribution >= 0.6 is 0 Å². The molecule has 0 bridgehead atoms. The fraction of sp³-hybridized carbons (Fsp3) is 0.800. The molecule has 18 heavy (non-hydrogen) atoms. The van der Waals surface area contributed by atoms with Gasteiger partial charge in [0.1, 0.15) is 0 Å². The first kappa shape index (κ1) is 13.6. The number of nitrogens with zero attached hydrogens (tertiary/aromatic N) is 2. The summed E-state index contributed by atoms with van der Waals surface area (Å²) in [7, 11) is 2.04. The molecule has 1 aromatic heterocycles. The average Bonchev–Trinajstić information content (AvgIpc) is 2.66. The summed E-state index contributed by atoms with van der Waals surface area (Å²) < 4.78 is 2.02. The summed E-state index contributed by atoms with van der Waals surface area (Å²) in [6.07, 6.45) is 11.0. The van der Waals surface area contributed by atoms with E-state index in [9.17, 15) is 0 Å². The maximum Gasteiger partial charge on any atom is 0.0624 e. The highest BCUT2D eigenvalue weighted by molar-refractivity contribution is 5.13. The van der Waals surface area contributed by atoms with Gasteiger partial charge in [-0.2, -0.15) is 5.10 Å². The van der Waals surface area contributed by atoms with Gasteiger partial charge in [-0.15, -0.1) is 0 Å². The highest BCUT2D eigenvalue weighted by atomic mass is 15.3. The molecule has 0 aliphatic heterocycles. The Hall–Kier alpha value is -0.830. The van der Waals surface area contributed by atoms with Crippen molar-refractivity contribution in [2.24, 2.45) is 12.8 Å². The predicted molar refractivity (Wildman–Crippen MR) is 75.5 cm³/mol. The molecular formula is C15H27N3. The van der Waals surface area contributed by atoms with Crippen LogP contribution in [-0.4, -0.2) is 15.3 Å². The third-order valence-electron chi connectivity index (χ3n) is 4.27. The van der Waals surface area contributed by atoms with Crippen molar-refractivity contribution in [2.45, 2.75) is 70.3 Å². The summed E-state index contributed by atoms with van der Waals surface area (Å²) in [5.74, 6) is 0. The zero-order valence-electron chi connectivity index (χ0n) is 11.9. The van der Waals surface area contributed by atoms with Crippen molar-refractivity contribution in [3.63, 3.8) is 0 Å². The first-order valence-electron chi connectivity index (χ1n) is 7.44. The van der Waals surface area contributed by atoms with E-state index < -0.39 is 0 Å². The molecule has 0 atom stereocenters. The Bertz CT molecular complexity index is 373. The Morgan fingerprint density at radius 2 is 1.83 bits per heavy atom. The normalized spacial score (nSPS) is 20.4. The number of hydrogen-bond acceptors (Lipinski definition) is 2. The first-order chi connectivity index (χ1) is 8.63.